The summed E-state index contributed by atoms with van der Waals surface area (Å²) < 4.78 is 5.40. The van der Waals surface area contributed by atoms with Crippen LogP contribution in [-0.4, -0.2) is 18.6 Å². The molecule has 0 radical (unpaired) electrons. The third-order valence-corrected chi connectivity index (χ3v) is 4.63. The number of nitrogens with zero attached hydrogens (tertiary/aromatic N) is 1. The smallest absolute Gasteiger partial charge is 0.145 e. The highest BCUT2D eigenvalue weighted by Gasteiger charge is 2.27. The third kappa shape index (κ3) is 3.18. The van der Waals surface area contributed by atoms with Crippen LogP contribution in [0.2, 0.25) is 0 Å². The summed E-state index contributed by atoms with van der Waals surface area (Å²) in [5, 5.41) is 4.71. The molecule has 1 saturated carbocycles. The Kier molecular flexibility index (Phi) is 4.11. The molecule has 1 aliphatic carbocycles. The topological polar surface area (TPSA) is 34.1 Å². The van der Waals surface area contributed by atoms with E-state index < -0.39 is 0 Å². The van der Waals surface area contributed by atoms with Gasteiger partial charge in [-0.05, 0) is 30.4 Å². The molecule has 3 heteroatoms. The molecular weight excluding hydrogens is 260 g/mol. The SMILES string of the molecule is COc1cccc2ccc(CNCC3(C)CCCC3)nc12. The van der Waals surface area contributed by atoms with E-state index in [1.807, 2.05) is 12.1 Å². The van der Waals surface area contributed by atoms with Crippen LogP contribution in [0.25, 0.3) is 10.9 Å². The zero-order valence-electron chi connectivity index (χ0n) is 13.0. The molecule has 0 spiro atoms. The van der Waals surface area contributed by atoms with E-state index in [2.05, 4.69) is 30.4 Å². The summed E-state index contributed by atoms with van der Waals surface area (Å²) in [5.74, 6) is 0.845. The fourth-order valence-electron chi connectivity index (χ4n) is 3.32. The lowest BCUT2D eigenvalue weighted by Gasteiger charge is -2.23. The van der Waals surface area contributed by atoms with Gasteiger partial charge in [0, 0.05) is 18.5 Å². The van der Waals surface area contributed by atoms with Crippen LogP contribution in [0.3, 0.4) is 0 Å². The summed E-state index contributed by atoms with van der Waals surface area (Å²) in [6.07, 6.45) is 5.45. The molecule has 1 N–H and O–H groups in total. The van der Waals surface area contributed by atoms with Crippen LogP contribution in [0.1, 0.15) is 38.3 Å². The van der Waals surface area contributed by atoms with Crippen LogP contribution < -0.4 is 10.1 Å². The average Bonchev–Trinajstić information content (AvgIpc) is 2.93. The molecule has 1 aromatic heterocycles. The van der Waals surface area contributed by atoms with Gasteiger partial charge in [-0.15, -0.1) is 0 Å². The predicted octanol–water partition coefficient (Wildman–Crippen LogP) is 3.91. The number of pyridine rings is 1. The molecule has 1 fully saturated rings. The Labute approximate surface area is 126 Å². The fourth-order valence-corrected chi connectivity index (χ4v) is 3.32. The van der Waals surface area contributed by atoms with E-state index in [0.29, 0.717) is 5.41 Å². The number of para-hydroxylation sites is 1. The first-order valence-electron chi connectivity index (χ1n) is 7.84. The molecule has 21 heavy (non-hydrogen) atoms. The largest absolute Gasteiger partial charge is 0.494 e. The molecule has 112 valence electrons. The maximum atomic E-state index is 5.40. The first kappa shape index (κ1) is 14.3. The lowest BCUT2D eigenvalue weighted by Crippen LogP contribution is -2.29. The van der Waals surface area contributed by atoms with Crippen molar-refractivity contribution in [1.29, 1.82) is 0 Å². The van der Waals surface area contributed by atoms with E-state index in [1.165, 1.54) is 25.7 Å². The molecule has 3 nitrogen and oxygen atoms in total. The molecule has 0 unspecified atom stereocenters. The van der Waals surface area contributed by atoms with Crippen LogP contribution in [0.4, 0.5) is 0 Å². The normalized spacial score (nSPS) is 17.2. The van der Waals surface area contributed by atoms with Gasteiger partial charge in [-0.2, -0.15) is 0 Å². The van der Waals surface area contributed by atoms with Crippen molar-refractivity contribution in [2.75, 3.05) is 13.7 Å². The monoisotopic (exact) mass is 284 g/mol. The number of ether oxygens (including phenoxy) is 1. The standard InChI is InChI=1S/C18H24N2O/c1-18(10-3-4-11-18)13-19-12-15-9-8-14-6-5-7-16(21-2)17(14)20-15/h5-9,19H,3-4,10-13H2,1-2H3. The minimum atomic E-state index is 0.481. The summed E-state index contributed by atoms with van der Waals surface area (Å²) in [7, 11) is 1.70. The van der Waals surface area contributed by atoms with Gasteiger partial charge in [-0.3, -0.25) is 0 Å². The van der Waals surface area contributed by atoms with E-state index in [0.717, 1.165) is 35.4 Å². The number of fused-ring (bicyclic) bond motifs is 1. The minimum Gasteiger partial charge on any atom is -0.494 e. The molecular formula is C18H24N2O. The van der Waals surface area contributed by atoms with E-state index in [-0.39, 0.29) is 0 Å². The van der Waals surface area contributed by atoms with Crippen molar-refractivity contribution in [3.05, 3.63) is 36.0 Å². The Hall–Kier alpha value is -1.61. The maximum Gasteiger partial charge on any atom is 0.145 e. The highest BCUT2D eigenvalue weighted by atomic mass is 16.5. The highest BCUT2D eigenvalue weighted by molar-refractivity contribution is 5.84. The Morgan fingerprint density at radius 3 is 2.76 bits per heavy atom. The number of rotatable bonds is 5. The molecule has 1 heterocycles. The van der Waals surface area contributed by atoms with Crippen LogP contribution in [-0.2, 0) is 6.54 Å². The van der Waals surface area contributed by atoms with Gasteiger partial charge in [0.05, 0.1) is 12.8 Å². The van der Waals surface area contributed by atoms with Gasteiger partial charge >= 0.3 is 0 Å². The van der Waals surface area contributed by atoms with Crippen LogP contribution in [0.5, 0.6) is 5.75 Å². The maximum absolute atomic E-state index is 5.40. The van der Waals surface area contributed by atoms with Crippen molar-refractivity contribution in [3.63, 3.8) is 0 Å². The van der Waals surface area contributed by atoms with Crippen molar-refractivity contribution in [3.8, 4) is 5.75 Å². The molecule has 0 saturated heterocycles. The molecule has 0 aliphatic heterocycles. The molecule has 0 bridgehead atoms. The highest BCUT2D eigenvalue weighted by Crippen LogP contribution is 2.36. The van der Waals surface area contributed by atoms with Gasteiger partial charge in [0.15, 0.2) is 0 Å². The quantitative estimate of drug-likeness (QED) is 0.903. The minimum absolute atomic E-state index is 0.481. The van der Waals surface area contributed by atoms with E-state index in [4.69, 9.17) is 9.72 Å². The van der Waals surface area contributed by atoms with Crippen LogP contribution >= 0.6 is 0 Å². The number of benzene rings is 1. The summed E-state index contributed by atoms with van der Waals surface area (Å²) in [5.41, 5.74) is 2.51. The Bertz CT molecular complexity index is 618. The number of hydrogen-bond acceptors (Lipinski definition) is 3. The van der Waals surface area contributed by atoms with Gasteiger partial charge in [-0.25, -0.2) is 4.98 Å². The number of hydrogen-bond donors (Lipinski definition) is 1. The zero-order valence-corrected chi connectivity index (χ0v) is 13.0. The number of methoxy groups -OCH3 is 1. The Balaban J connectivity index is 1.69. The van der Waals surface area contributed by atoms with Crippen LogP contribution in [0, 0.1) is 5.41 Å². The van der Waals surface area contributed by atoms with E-state index >= 15 is 0 Å². The van der Waals surface area contributed by atoms with Gasteiger partial charge in [0.25, 0.3) is 0 Å². The molecule has 1 aromatic carbocycles. The summed E-state index contributed by atoms with van der Waals surface area (Å²) in [4.78, 5) is 4.75. The van der Waals surface area contributed by atoms with Gasteiger partial charge < -0.3 is 10.1 Å². The lowest BCUT2D eigenvalue weighted by molar-refractivity contribution is 0.314. The predicted molar refractivity (Wildman–Crippen MR) is 86.6 cm³/mol. The van der Waals surface area contributed by atoms with Crippen LogP contribution in [0.15, 0.2) is 30.3 Å². The lowest BCUT2D eigenvalue weighted by atomic mass is 9.89. The second-order valence-corrected chi connectivity index (χ2v) is 6.46. The Morgan fingerprint density at radius 2 is 2.00 bits per heavy atom. The first-order valence-corrected chi connectivity index (χ1v) is 7.84. The van der Waals surface area contributed by atoms with Crippen molar-refractivity contribution < 1.29 is 4.74 Å². The van der Waals surface area contributed by atoms with E-state index in [1.54, 1.807) is 7.11 Å². The average molecular weight is 284 g/mol. The van der Waals surface area contributed by atoms with Crippen molar-refractivity contribution >= 4 is 10.9 Å². The van der Waals surface area contributed by atoms with E-state index in [9.17, 15) is 0 Å². The van der Waals surface area contributed by atoms with Gasteiger partial charge in [0.2, 0.25) is 0 Å². The number of nitrogens with one attached hydrogen (secondary N) is 1. The molecule has 1 aliphatic rings. The summed E-state index contributed by atoms with van der Waals surface area (Å²) in [6.45, 7) is 4.30. The fraction of sp³-hybridized carbons (Fsp3) is 0.500. The first-order chi connectivity index (χ1) is 10.2. The van der Waals surface area contributed by atoms with Crippen molar-refractivity contribution in [1.82, 2.24) is 10.3 Å². The summed E-state index contributed by atoms with van der Waals surface area (Å²) >= 11 is 0. The van der Waals surface area contributed by atoms with Crippen molar-refractivity contribution in [2.24, 2.45) is 5.41 Å². The summed E-state index contributed by atoms with van der Waals surface area (Å²) in [6, 6.07) is 10.3. The third-order valence-electron chi connectivity index (χ3n) is 4.63. The molecule has 2 aromatic rings. The van der Waals surface area contributed by atoms with Crippen molar-refractivity contribution in [2.45, 2.75) is 39.2 Å². The van der Waals surface area contributed by atoms with Gasteiger partial charge in [0.1, 0.15) is 11.3 Å². The molecule has 0 amide bonds. The molecule has 0 atom stereocenters. The zero-order chi connectivity index (χ0) is 14.7. The van der Waals surface area contributed by atoms with Gasteiger partial charge in [-0.1, -0.05) is 38.0 Å². The Morgan fingerprint density at radius 1 is 1.19 bits per heavy atom. The molecule has 3 rings (SSSR count). The second kappa shape index (κ2) is 6.02. The number of aromatic nitrogens is 1. The second-order valence-electron chi connectivity index (χ2n) is 6.46.